The minimum Gasteiger partial charge on any atom is -0.495 e. The molecule has 0 fully saturated rings. The molecule has 1 aliphatic heterocycles. The maximum Gasteiger partial charge on any atom is 0.236 e. The maximum atomic E-state index is 13.1. The fourth-order valence-electron chi connectivity index (χ4n) is 3.44. The van der Waals surface area contributed by atoms with Crippen molar-refractivity contribution in [3.05, 3.63) is 59.1 Å². The van der Waals surface area contributed by atoms with Crippen LogP contribution in [-0.4, -0.2) is 39.7 Å². The molecule has 162 valence electrons. The van der Waals surface area contributed by atoms with E-state index in [1.807, 2.05) is 53.2 Å². The number of carbonyl (C=O) groups excluding carboxylic acids is 1. The van der Waals surface area contributed by atoms with Crippen molar-refractivity contribution >= 4 is 29.3 Å². The molecule has 2 N–H and O–H groups in total. The normalized spacial score (nSPS) is 17.5. The molecular formula is C22H24ClN5O2S. The Balaban J connectivity index is 1.70. The number of rotatable bonds is 7. The predicted octanol–water partition coefficient (Wildman–Crippen LogP) is 4.28. The van der Waals surface area contributed by atoms with Crippen molar-refractivity contribution in [2.75, 3.05) is 19.1 Å². The average molecular weight is 458 g/mol. The van der Waals surface area contributed by atoms with E-state index in [4.69, 9.17) is 16.3 Å². The van der Waals surface area contributed by atoms with Crippen LogP contribution < -0.4 is 15.5 Å². The molecule has 2 aromatic carbocycles. The second-order valence-electron chi connectivity index (χ2n) is 7.19. The Kier molecular flexibility index (Phi) is 6.67. The van der Waals surface area contributed by atoms with Crippen molar-refractivity contribution in [3.63, 3.8) is 0 Å². The molecule has 1 aliphatic rings. The Bertz CT molecular complexity index is 1060. The van der Waals surface area contributed by atoms with Crippen LogP contribution in [0.4, 0.5) is 0 Å². The van der Waals surface area contributed by atoms with Crippen molar-refractivity contribution in [2.24, 2.45) is 0 Å². The summed E-state index contributed by atoms with van der Waals surface area (Å²) in [4.78, 5) is 13.1. The zero-order valence-corrected chi connectivity index (χ0v) is 18.9. The van der Waals surface area contributed by atoms with E-state index in [0.717, 1.165) is 24.0 Å². The summed E-state index contributed by atoms with van der Waals surface area (Å²) in [6, 6.07) is 15.1. The van der Waals surface area contributed by atoms with Gasteiger partial charge < -0.3 is 15.5 Å². The molecular weight excluding hydrogens is 434 g/mol. The monoisotopic (exact) mass is 457 g/mol. The van der Waals surface area contributed by atoms with Gasteiger partial charge in [-0.05, 0) is 24.1 Å². The zero-order valence-electron chi connectivity index (χ0n) is 17.3. The Morgan fingerprint density at radius 1 is 1.26 bits per heavy atom. The van der Waals surface area contributed by atoms with Gasteiger partial charge in [0.2, 0.25) is 11.1 Å². The van der Waals surface area contributed by atoms with Gasteiger partial charge in [-0.3, -0.25) is 4.79 Å². The van der Waals surface area contributed by atoms with Crippen LogP contribution in [0.25, 0.3) is 11.4 Å². The highest BCUT2D eigenvalue weighted by molar-refractivity contribution is 8.00. The summed E-state index contributed by atoms with van der Waals surface area (Å²) in [5, 5.41) is 12.4. The second kappa shape index (κ2) is 9.62. The van der Waals surface area contributed by atoms with Gasteiger partial charge in [0.05, 0.1) is 18.2 Å². The Morgan fingerprint density at radius 3 is 2.77 bits per heavy atom. The van der Waals surface area contributed by atoms with Gasteiger partial charge in [-0.15, -0.1) is 10.2 Å². The first-order valence-electron chi connectivity index (χ1n) is 10.2. The van der Waals surface area contributed by atoms with Gasteiger partial charge in [0, 0.05) is 12.1 Å². The Labute approximate surface area is 190 Å². The van der Waals surface area contributed by atoms with Gasteiger partial charge in [0.25, 0.3) is 0 Å². The molecule has 0 unspecified atom stereocenters. The van der Waals surface area contributed by atoms with Crippen molar-refractivity contribution in [3.8, 4) is 17.1 Å². The lowest BCUT2D eigenvalue weighted by Crippen LogP contribution is -2.44. The molecule has 0 saturated heterocycles. The Morgan fingerprint density at radius 2 is 2.06 bits per heavy atom. The molecule has 2 heterocycles. The summed E-state index contributed by atoms with van der Waals surface area (Å²) in [6.45, 7) is 2.74. The number of ether oxygens (including phenoxy) is 1. The number of carbonyl (C=O) groups is 1. The quantitative estimate of drug-likeness (QED) is 0.515. The van der Waals surface area contributed by atoms with Crippen molar-refractivity contribution in [1.82, 2.24) is 20.2 Å². The van der Waals surface area contributed by atoms with Crippen molar-refractivity contribution < 1.29 is 9.53 Å². The van der Waals surface area contributed by atoms with Crippen LogP contribution in [0.15, 0.2) is 53.7 Å². The second-order valence-corrected chi connectivity index (χ2v) is 8.71. The van der Waals surface area contributed by atoms with Crippen LogP contribution in [0.1, 0.15) is 31.4 Å². The van der Waals surface area contributed by atoms with E-state index >= 15 is 0 Å². The lowest BCUT2D eigenvalue weighted by Gasteiger charge is -2.33. The molecule has 0 radical (unpaired) electrons. The lowest BCUT2D eigenvalue weighted by molar-refractivity contribution is -0.120. The number of methoxy groups -OCH3 is 1. The van der Waals surface area contributed by atoms with E-state index in [9.17, 15) is 4.79 Å². The average Bonchev–Trinajstić information content (AvgIpc) is 3.22. The smallest absolute Gasteiger partial charge is 0.236 e. The largest absolute Gasteiger partial charge is 0.495 e. The first-order valence-corrected chi connectivity index (χ1v) is 11.4. The number of unbranched alkanes of at least 4 members (excludes halogenated alkanes) is 1. The van der Waals surface area contributed by atoms with Gasteiger partial charge in [0.15, 0.2) is 5.82 Å². The van der Waals surface area contributed by atoms with Crippen molar-refractivity contribution in [2.45, 2.75) is 36.2 Å². The third-order valence-electron chi connectivity index (χ3n) is 5.09. The van der Waals surface area contributed by atoms with Gasteiger partial charge in [-0.2, -0.15) is 0 Å². The molecule has 7 nitrogen and oxygen atoms in total. The highest BCUT2D eigenvalue weighted by atomic mass is 35.5. The molecule has 2 atom stereocenters. The number of nitrogens with zero attached hydrogens (tertiary/aromatic N) is 3. The highest BCUT2D eigenvalue weighted by Crippen LogP contribution is 2.40. The number of hydrogen-bond acceptors (Lipinski definition) is 6. The fraction of sp³-hybridized carbons (Fsp3) is 0.318. The molecule has 0 spiro atoms. The summed E-state index contributed by atoms with van der Waals surface area (Å²) in [6.07, 6.45) is 1.95. The summed E-state index contributed by atoms with van der Waals surface area (Å²) >= 11 is 7.79. The van der Waals surface area contributed by atoms with Crippen molar-refractivity contribution in [1.29, 1.82) is 0 Å². The first kappa shape index (κ1) is 21.5. The summed E-state index contributed by atoms with van der Waals surface area (Å²) in [5.41, 5.74) is 5.28. The standard InChI is InChI=1S/C22H24ClN5O2S/c1-3-4-12-24-21(29)19-18(15-10-11-17(30-2)16(23)13-15)27-28-20(25-26-22(28)31-19)14-8-6-5-7-9-14/h5-11,13,18-19,27H,3-4,12H2,1-2H3,(H,24,29)/t18-,19-/m1/s1. The summed E-state index contributed by atoms with van der Waals surface area (Å²) in [5.74, 6) is 1.24. The molecule has 31 heavy (non-hydrogen) atoms. The maximum absolute atomic E-state index is 13.1. The molecule has 1 amide bonds. The fourth-order valence-corrected chi connectivity index (χ4v) is 4.81. The van der Waals surface area contributed by atoms with E-state index in [1.54, 1.807) is 7.11 Å². The third-order valence-corrected chi connectivity index (χ3v) is 6.60. The number of amides is 1. The van der Waals surface area contributed by atoms with Crippen LogP contribution in [0, 0.1) is 0 Å². The van der Waals surface area contributed by atoms with Gasteiger partial charge >= 0.3 is 0 Å². The SMILES string of the molecule is CCCCNC(=O)[C@@H]1Sc2nnc(-c3ccccc3)n2N[C@@H]1c1ccc(OC)c(Cl)c1. The van der Waals surface area contributed by atoms with E-state index < -0.39 is 5.25 Å². The molecule has 1 aromatic heterocycles. The number of benzene rings is 2. The molecule has 0 saturated carbocycles. The van der Waals surface area contributed by atoms with Crippen LogP contribution in [-0.2, 0) is 4.79 Å². The zero-order chi connectivity index (χ0) is 21.8. The number of nitrogens with one attached hydrogen (secondary N) is 2. The molecule has 3 aromatic rings. The van der Waals surface area contributed by atoms with E-state index in [-0.39, 0.29) is 11.9 Å². The number of fused-ring (bicyclic) bond motifs is 1. The third kappa shape index (κ3) is 4.50. The minimum atomic E-state index is -0.429. The molecule has 0 bridgehead atoms. The topological polar surface area (TPSA) is 81.1 Å². The Hall–Kier alpha value is -2.71. The van der Waals surface area contributed by atoms with Gasteiger partial charge in [0.1, 0.15) is 11.0 Å². The van der Waals surface area contributed by atoms with E-state index in [1.165, 1.54) is 11.8 Å². The molecule has 0 aliphatic carbocycles. The van der Waals surface area contributed by atoms with Crippen LogP contribution in [0.5, 0.6) is 5.75 Å². The first-order chi connectivity index (χ1) is 15.1. The molecule has 4 rings (SSSR count). The number of hydrogen-bond donors (Lipinski definition) is 2. The van der Waals surface area contributed by atoms with Crippen LogP contribution >= 0.6 is 23.4 Å². The van der Waals surface area contributed by atoms with E-state index in [0.29, 0.717) is 28.3 Å². The lowest BCUT2D eigenvalue weighted by atomic mass is 10.0. The number of halogens is 1. The van der Waals surface area contributed by atoms with Gasteiger partial charge in [-0.1, -0.05) is 73.1 Å². The van der Waals surface area contributed by atoms with Gasteiger partial charge in [-0.25, -0.2) is 4.68 Å². The highest BCUT2D eigenvalue weighted by Gasteiger charge is 2.38. The van der Waals surface area contributed by atoms with Crippen LogP contribution in [0.2, 0.25) is 5.02 Å². The predicted molar refractivity (Wildman–Crippen MR) is 123 cm³/mol. The van der Waals surface area contributed by atoms with Crippen LogP contribution in [0.3, 0.4) is 0 Å². The molecule has 9 heteroatoms. The number of aromatic nitrogens is 3. The summed E-state index contributed by atoms with van der Waals surface area (Å²) in [7, 11) is 1.58. The minimum absolute atomic E-state index is 0.0431. The summed E-state index contributed by atoms with van der Waals surface area (Å²) < 4.78 is 7.13. The van der Waals surface area contributed by atoms with E-state index in [2.05, 4.69) is 27.9 Å². The number of thioether (sulfide) groups is 1.